The third-order valence-corrected chi connectivity index (χ3v) is 4.18. The molecule has 2 rings (SSSR count). The Balaban J connectivity index is 2.07. The molecule has 1 aromatic heterocycles. The fourth-order valence-electron chi connectivity index (χ4n) is 1.24. The fourth-order valence-corrected chi connectivity index (χ4v) is 2.95. The van der Waals surface area contributed by atoms with E-state index in [1.54, 1.807) is 23.1 Å². The molecule has 1 aromatic carbocycles. The van der Waals surface area contributed by atoms with Crippen molar-refractivity contribution in [3.05, 3.63) is 40.3 Å². The minimum atomic E-state index is 0.822. The van der Waals surface area contributed by atoms with E-state index in [0.717, 1.165) is 16.4 Å². The Bertz CT molecular complexity index is 438. The van der Waals surface area contributed by atoms with Gasteiger partial charge in [0.2, 0.25) is 0 Å². The molecular formula is C11H12N2S2. The first kappa shape index (κ1) is 10.5. The first-order chi connectivity index (χ1) is 7.25. The maximum absolute atomic E-state index is 5.75. The molecule has 0 saturated heterocycles. The third kappa shape index (κ3) is 2.73. The number of benzene rings is 1. The second-order valence-electron chi connectivity index (χ2n) is 3.24. The van der Waals surface area contributed by atoms with Crippen molar-refractivity contribution in [3.63, 3.8) is 0 Å². The molecule has 0 spiro atoms. The molecule has 0 saturated carbocycles. The van der Waals surface area contributed by atoms with Crippen LogP contribution in [-0.2, 0) is 5.75 Å². The highest BCUT2D eigenvalue weighted by Gasteiger charge is 2.02. The van der Waals surface area contributed by atoms with Crippen LogP contribution in [0.3, 0.4) is 0 Å². The number of hydrogen-bond donors (Lipinski definition) is 1. The number of nitrogen functional groups attached to an aromatic ring is 1. The molecule has 4 heteroatoms. The van der Waals surface area contributed by atoms with Crippen LogP contribution in [0.15, 0.2) is 34.7 Å². The van der Waals surface area contributed by atoms with Crippen molar-refractivity contribution in [1.82, 2.24) is 4.98 Å². The van der Waals surface area contributed by atoms with E-state index in [-0.39, 0.29) is 0 Å². The highest BCUT2D eigenvalue weighted by atomic mass is 32.2. The van der Waals surface area contributed by atoms with Gasteiger partial charge in [-0.25, -0.2) is 4.98 Å². The number of thiazole rings is 1. The van der Waals surface area contributed by atoms with Crippen molar-refractivity contribution in [1.29, 1.82) is 0 Å². The van der Waals surface area contributed by atoms with Crippen molar-refractivity contribution in [3.8, 4) is 0 Å². The van der Waals surface area contributed by atoms with Gasteiger partial charge in [0, 0.05) is 22.2 Å². The van der Waals surface area contributed by atoms with E-state index in [9.17, 15) is 0 Å². The standard InChI is InChI=1S/C11H12N2S2/c1-8-2-3-9(12)6-10(8)15-7-11-13-4-5-14-11/h2-6H,7,12H2,1H3. The molecule has 0 aliphatic carbocycles. The summed E-state index contributed by atoms with van der Waals surface area (Å²) in [4.78, 5) is 5.49. The maximum Gasteiger partial charge on any atom is 0.103 e. The zero-order chi connectivity index (χ0) is 10.7. The number of anilines is 1. The van der Waals surface area contributed by atoms with Crippen molar-refractivity contribution in [2.45, 2.75) is 17.6 Å². The Morgan fingerprint density at radius 1 is 1.47 bits per heavy atom. The van der Waals surface area contributed by atoms with Gasteiger partial charge >= 0.3 is 0 Å². The topological polar surface area (TPSA) is 38.9 Å². The Morgan fingerprint density at radius 2 is 2.33 bits per heavy atom. The van der Waals surface area contributed by atoms with Crippen molar-refractivity contribution >= 4 is 28.8 Å². The lowest BCUT2D eigenvalue weighted by Gasteiger charge is -2.04. The van der Waals surface area contributed by atoms with Gasteiger partial charge in [0.1, 0.15) is 5.01 Å². The van der Waals surface area contributed by atoms with E-state index in [4.69, 9.17) is 5.73 Å². The summed E-state index contributed by atoms with van der Waals surface area (Å²) in [7, 11) is 0. The average molecular weight is 236 g/mol. The molecule has 2 N–H and O–H groups in total. The molecule has 15 heavy (non-hydrogen) atoms. The molecule has 1 heterocycles. The van der Waals surface area contributed by atoms with Gasteiger partial charge in [0.15, 0.2) is 0 Å². The Labute approximate surface area is 97.5 Å². The van der Waals surface area contributed by atoms with E-state index >= 15 is 0 Å². The second kappa shape index (κ2) is 4.68. The van der Waals surface area contributed by atoms with E-state index < -0.39 is 0 Å². The Morgan fingerprint density at radius 3 is 3.07 bits per heavy atom. The first-order valence-electron chi connectivity index (χ1n) is 4.63. The van der Waals surface area contributed by atoms with Crippen LogP contribution in [0.5, 0.6) is 0 Å². The zero-order valence-electron chi connectivity index (χ0n) is 8.43. The molecule has 0 radical (unpaired) electrons. The van der Waals surface area contributed by atoms with Gasteiger partial charge in [-0.3, -0.25) is 0 Å². The van der Waals surface area contributed by atoms with Crippen LogP contribution in [0.1, 0.15) is 10.6 Å². The normalized spacial score (nSPS) is 10.5. The van der Waals surface area contributed by atoms with Gasteiger partial charge in [-0.1, -0.05) is 6.07 Å². The number of aromatic nitrogens is 1. The minimum Gasteiger partial charge on any atom is -0.399 e. The average Bonchev–Trinajstić information content (AvgIpc) is 2.72. The molecule has 2 aromatic rings. The van der Waals surface area contributed by atoms with Gasteiger partial charge in [-0.05, 0) is 24.6 Å². The summed E-state index contributed by atoms with van der Waals surface area (Å²) < 4.78 is 0. The monoisotopic (exact) mass is 236 g/mol. The number of nitrogens with zero attached hydrogens (tertiary/aromatic N) is 1. The van der Waals surface area contributed by atoms with Gasteiger partial charge in [-0.2, -0.15) is 0 Å². The van der Waals surface area contributed by atoms with Crippen molar-refractivity contribution < 1.29 is 0 Å². The number of hydrogen-bond acceptors (Lipinski definition) is 4. The predicted molar refractivity (Wildman–Crippen MR) is 67.3 cm³/mol. The van der Waals surface area contributed by atoms with Gasteiger partial charge in [0.05, 0.1) is 5.75 Å². The van der Waals surface area contributed by atoms with Crippen molar-refractivity contribution in [2.24, 2.45) is 0 Å². The highest BCUT2D eigenvalue weighted by molar-refractivity contribution is 7.98. The van der Waals surface area contributed by atoms with E-state index in [1.165, 1.54) is 10.5 Å². The molecule has 0 fully saturated rings. The molecule has 0 unspecified atom stereocenters. The third-order valence-electron chi connectivity index (χ3n) is 2.05. The molecule has 0 atom stereocenters. The molecular weight excluding hydrogens is 224 g/mol. The first-order valence-corrected chi connectivity index (χ1v) is 6.49. The van der Waals surface area contributed by atoms with E-state index in [0.29, 0.717) is 0 Å². The molecule has 78 valence electrons. The molecule has 0 aliphatic rings. The van der Waals surface area contributed by atoms with Crippen molar-refractivity contribution in [2.75, 3.05) is 5.73 Å². The molecule has 0 amide bonds. The smallest absolute Gasteiger partial charge is 0.103 e. The zero-order valence-corrected chi connectivity index (χ0v) is 10.1. The lowest BCUT2D eigenvalue weighted by molar-refractivity contribution is 1.25. The van der Waals surface area contributed by atoms with Crippen LogP contribution in [0.4, 0.5) is 5.69 Å². The maximum atomic E-state index is 5.75. The van der Waals surface area contributed by atoms with E-state index in [2.05, 4.69) is 18.0 Å². The summed E-state index contributed by atoms with van der Waals surface area (Å²) in [6.45, 7) is 2.10. The summed E-state index contributed by atoms with van der Waals surface area (Å²) in [6, 6.07) is 6.01. The number of thioether (sulfide) groups is 1. The Hall–Kier alpha value is -1.000. The van der Waals surface area contributed by atoms with Gasteiger partial charge < -0.3 is 5.73 Å². The fraction of sp³-hybridized carbons (Fsp3) is 0.182. The quantitative estimate of drug-likeness (QED) is 0.656. The second-order valence-corrected chi connectivity index (χ2v) is 5.24. The van der Waals surface area contributed by atoms with Crippen LogP contribution in [0, 0.1) is 6.92 Å². The van der Waals surface area contributed by atoms with Crippen LogP contribution in [-0.4, -0.2) is 4.98 Å². The number of nitrogens with two attached hydrogens (primary N) is 1. The largest absolute Gasteiger partial charge is 0.399 e. The van der Waals surface area contributed by atoms with Crippen LogP contribution < -0.4 is 5.73 Å². The Kier molecular flexibility index (Phi) is 3.28. The summed E-state index contributed by atoms with van der Waals surface area (Å²) in [5.41, 5.74) is 7.84. The van der Waals surface area contributed by atoms with Gasteiger partial charge in [-0.15, -0.1) is 23.1 Å². The van der Waals surface area contributed by atoms with Crippen LogP contribution >= 0.6 is 23.1 Å². The molecule has 0 aliphatic heterocycles. The molecule has 0 bridgehead atoms. The highest BCUT2D eigenvalue weighted by Crippen LogP contribution is 2.28. The summed E-state index contributed by atoms with van der Waals surface area (Å²) >= 11 is 3.48. The predicted octanol–water partition coefficient (Wildman–Crippen LogP) is 3.33. The van der Waals surface area contributed by atoms with Crippen LogP contribution in [0.2, 0.25) is 0 Å². The summed E-state index contributed by atoms with van der Waals surface area (Å²) in [6.07, 6.45) is 1.84. The van der Waals surface area contributed by atoms with Crippen LogP contribution in [0.25, 0.3) is 0 Å². The van der Waals surface area contributed by atoms with E-state index in [1.807, 2.05) is 23.7 Å². The lowest BCUT2D eigenvalue weighted by atomic mass is 10.2. The SMILES string of the molecule is Cc1ccc(N)cc1SCc1nccs1. The summed E-state index contributed by atoms with van der Waals surface area (Å²) in [5, 5.41) is 3.16. The van der Waals surface area contributed by atoms with Gasteiger partial charge in [0.25, 0.3) is 0 Å². The molecule has 2 nitrogen and oxygen atoms in total. The summed E-state index contributed by atoms with van der Waals surface area (Å²) in [5.74, 6) is 0.919. The minimum absolute atomic E-state index is 0.822. The number of rotatable bonds is 3. The lowest BCUT2D eigenvalue weighted by Crippen LogP contribution is -1.87. The number of aryl methyl sites for hydroxylation is 1.